The average molecular weight is 479 g/mol. The number of H-pyrrole nitrogens is 1. The first-order valence-electron chi connectivity index (χ1n) is 9.72. The Bertz CT molecular complexity index is 1250. The van der Waals surface area contributed by atoms with Gasteiger partial charge in [0.05, 0.1) is 25.5 Å². The molecule has 0 saturated heterocycles. The number of aliphatic carboxylic acids is 1. The van der Waals surface area contributed by atoms with E-state index in [2.05, 4.69) is 35.3 Å². The third kappa shape index (κ3) is 6.97. The Morgan fingerprint density at radius 1 is 1.21 bits per heavy atom. The number of ether oxygens (including phenoxy) is 1. The molecular formula is C20H22N7NaO6. The maximum absolute atomic E-state index is 12.4. The first-order chi connectivity index (χ1) is 15.8. The maximum atomic E-state index is 12.4. The van der Waals surface area contributed by atoms with Crippen LogP contribution in [0, 0.1) is 0 Å². The fourth-order valence-corrected chi connectivity index (χ4v) is 2.86. The van der Waals surface area contributed by atoms with Crippen molar-refractivity contribution >= 4 is 70.2 Å². The summed E-state index contributed by atoms with van der Waals surface area (Å²) in [6.07, 6.45) is 1.25. The molecule has 13 nitrogen and oxygen atoms in total. The number of nitrogen functional groups attached to an aromatic ring is 1. The summed E-state index contributed by atoms with van der Waals surface area (Å²) in [6.45, 7) is 0.243. The zero-order chi connectivity index (χ0) is 24.0. The summed E-state index contributed by atoms with van der Waals surface area (Å²) < 4.78 is 4.48. The summed E-state index contributed by atoms with van der Waals surface area (Å²) >= 11 is 0. The predicted molar refractivity (Wildman–Crippen MR) is 123 cm³/mol. The monoisotopic (exact) mass is 479 g/mol. The van der Waals surface area contributed by atoms with Crippen molar-refractivity contribution in [3.8, 4) is 0 Å². The van der Waals surface area contributed by atoms with Crippen LogP contribution >= 0.6 is 0 Å². The summed E-state index contributed by atoms with van der Waals surface area (Å²) in [5.41, 5.74) is 6.57. The number of methoxy groups -OCH3 is 1. The van der Waals surface area contributed by atoms with Gasteiger partial charge in [0.2, 0.25) is 5.95 Å². The Labute approximate surface area is 214 Å². The first kappa shape index (κ1) is 26.7. The number of hydrogen-bond acceptors (Lipinski definition) is 10. The van der Waals surface area contributed by atoms with E-state index in [-0.39, 0.29) is 71.6 Å². The standard InChI is InChI=1S/C20H21N7O6.Na.H/c1-33-14(28)7-6-13(19(31)32)25-17(29)10-2-4-11(5-3-10)22-8-12-9-23-16-15(24-12)18(30)27-20(21)26-16;;/h2-5,9,13,22H,6-8H2,1H3,(H,25,29)(H,31,32)(H3,21,23,26,27,30);;/t13-;;/m0../s1. The van der Waals surface area contributed by atoms with Gasteiger partial charge in [-0.3, -0.25) is 14.4 Å². The van der Waals surface area contributed by atoms with E-state index in [1.165, 1.54) is 25.4 Å². The van der Waals surface area contributed by atoms with Gasteiger partial charge in [0.1, 0.15) is 6.04 Å². The van der Waals surface area contributed by atoms with E-state index in [9.17, 15) is 24.3 Å². The van der Waals surface area contributed by atoms with E-state index in [1.54, 1.807) is 12.1 Å². The van der Waals surface area contributed by atoms with Gasteiger partial charge in [-0.15, -0.1) is 0 Å². The topological polar surface area (TPSA) is 202 Å². The summed E-state index contributed by atoms with van der Waals surface area (Å²) in [7, 11) is 1.20. The third-order valence-corrected chi connectivity index (χ3v) is 4.58. The molecule has 174 valence electrons. The van der Waals surface area contributed by atoms with Gasteiger partial charge in [-0.1, -0.05) is 0 Å². The number of esters is 1. The fourth-order valence-electron chi connectivity index (χ4n) is 2.86. The zero-order valence-electron chi connectivity index (χ0n) is 17.5. The summed E-state index contributed by atoms with van der Waals surface area (Å²) in [6, 6.07) is 5.06. The van der Waals surface area contributed by atoms with Crippen molar-refractivity contribution < 1.29 is 24.2 Å². The van der Waals surface area contributed by atoms with Crippen molar-refractivity contribution in [3.63, 3.8) is 0 Å². The number of aromatic nitrogens is 4. The molecule has 3 rings (SSSR count). The normalized spacial score (nSPS) is 11.2. The molecule has 14 heteroatoms. The van der Waals surface area contributed by atoms with Crippen molar-refractivity contribution in [2.24, 2.45) is 0 Å². The number of hydrogen-bond donors (Lipinski definition) is 5. The first-order valence-corrected chi connectivity index (χ1v) is 9.72. The number of nitrogens with one attached hydrogen (secondary N) is 3. The van der Waals surface area contributed by atoms with Crippen LogP contribution in [0.5, 0.6) is 0 Å². The number of nitrogens with two attached hydrogens (primary N) is 1. The second kappa shape index (κ2) is 12.1. The molecule has 0 aliphatic heterocycles. The molecule has 34 heavy (non-hydrogen) atoms. The number of nitrogens with zero attached hydrogens (tertiary/aromatic N) is 3. The van der Waals surface area contributed by atoms with Crippen molar-refractivity contribution in [1.82, 2.24) is 25.3 Å². The second-order valence-electron chi connectivity index (χ2n) is 6.90. The average Bonchev–Trinajstić information content (AvgIpc) is 2.80. The molecule has 3 aromatic rings. The Balaban J connectivity index is 0.00000408. The summed E-state index contributed by atoms with van der Waals surface area (Å²) in [4.78, 5) is 61.4. The second-order valence-corrected chi connectivity index (χ2v) is 6.90. The number of anilines is 2. The van der Waals surface area contributed by atoms with E-state index in [0.717, 1.165) is 0 Å². The predicted octanol–water partition coefficient (Wildman–Crippen LogP) is -0.605. The number of amides is 1. The van der Waals surface area contributed by atoms with E-state index in [1.807, 2.05) is 0 Å². The summed E-state index contributed by atoms with van der Waals surface area (Å²) in [5.74, 6) is -2.45. The molecule has 6 N–H and O–H groups in total. The number of fused-ring (bicyclic) bond motifs is 1. The number of aromatic amines is 1. The molecule has 0 fully saturated rings. The molecule has 1 aromatic carbocycles. The van der Waals surface area contributed by atoms with E-state index in [0.29, 0.717) is 11.4 Å². The third-order valence-electron chi connectivity index (χ3n) is 4.58. The molecule has 2 heterocycles. The van der Waals surface area contributed by atoms with Gasteiger partial charge in [-0.2, -0.15) is 4.98 Å². The van der Waals surface area contributed by atoms with E-state index >= 15 is 0 Å². The Hall–Kier alpha value is -3.55. The van der Waals surface area contributed by atoms with Crippen LogP contribution in [0.2, 0.25) is 0 Å². The molecule has 0 bridgehead atoms. The SMILES string of the molecule is COC(=O)CC[C@H](NC(=O)c1ccc(NCc2cnc3[nH]c(N)nc(=O)c3n2)cc1)C(=O)O.[NaH]. The van der Waals surface area contributed by atoms with Crippen LogP contribution in [0.1, 0.15) is 28.9 Å². The van der Waals surface area contributed by atoms with Gasteiger partial charge in [0.25, 0.3) is 5.91 Å². The van der Waals surface area contributed by atoms with Gasteiger partial charge in [0.15, 0.2) is 11.2 Å². The molecule has 1 amide bonds. The number of benzene rings is 1. The van der Waals surface area contributed by atoms with Gasteiger partial charge < -0.3 is 31.2 Å². The van der Waals surface area contributed by atoms with Crippen molar-refractivity contribution in [2.75, 3.05) is 18.2 Å². The molecule has 0 radical (unpaired) electrons. The molecular weight excluding hydrogens is 457 g/mol. The van der Waals surface area contributed by atoms with Gasteiger partial charge in [0, 0.05) is 17.7 Å². The van der Waals surface area contributed by atoms with Crippen molar-refractivity contribution in [2.45, 2.75) is 25.4 Å². The van der Waals surface area contributed by atoms with Crippen LogP contribution < -0.4 is 21.9 Å². The summed E-state index contributed by atoms with van der Waals surface area (Å²) in [5, 5.41) is 14.7. The van der Waals surface area contributed by atoms with Crippen LogP contribution in [0.3, 0.4) is 0 Å². The van der Waals surface area contributed by atoms with E-state index in [4.69, 9.17) is 5.73 Å². The van der Waals surface area contributed by atoms with Crippen LogP contribution in [-0.2, 0) is 20.9 Å². The zero-order valence-corrected chi connectivity index (χ0v) is 17.5. The molecule has 0 unspecified atom stereocenters. The van der Waals surface area contributed by atoms with Gasteiger partial charge in [-0.05, 0) is 30.7 Å². The Kier molecular flexibility index (Phi) is 9.47. The minimum atomic E-state index is -1.25. The van der Waals surface area contributed by atoms with Gasteiger partial charge >= 0.3 is 47.1 Å². The number of carbonyl (C=O) groups is 3. The molecule has 0 aliphatic rings. The fraction of sp³-hybridized carbons (Fsp3) is 0.250. The Morgan fingerprint density at radius 3 is 2.56 bits per heavy atom. The van der Waals surface area contributed by atoms with Crippen molar-refractivity contribution in [1.29, 1.82) is 0 Å². The van der Waals surface area contributed by atoms with Crippen LogP contribution in [0.4, 0.5) is 11.6 Å². The molecule has 0 spiro atoms. The molecule has 0 saturated carbocycles. The number of carbonyl (C=O) groups excluding carboxylic acids is 2. The van der Waals surface area contributed by atoms with Crippen LogP contribution in [-0.4, -0.2) is 85.6 Å². The van der Waals surface area contributed by atoms with E-state index < -0.39 is 29.4 Å². The number of carboxylic acid groups (broad SMARTS) is 1. The van der Waals surface area contributed by atoms with Crippen LogP contribution in [0.25, 0.3) is 11.2 Å². The van der Waals surface area contributed by atoms with Crippen molar-refractivity contribution in [3.05, 3.63) is 52.1 Å². The molecule has 2 aromatic heterocycles. The molecule has 1 atom stereocenters. The quantitative estimate of drug-likeness (QED) is 0.194. The molecule has 0 aliphatic carbocycles. The number of rotatable bonds is 9. The Morgan fingerprint density at radius 2 is 1.91 bits per heavy atom. The minimum absolute atomic E-state index is 0. The van der Waals surface area contributed by atoms with Gasteiger partial charge in [-0.25, -0.2) is 14.8 Å². The number of carboxylic acids is 1. The van der Waals surface area contributed by atoms with Crippen LogP contribution in [0.15, 0.2) is 35.3 Å².